The Balaban J connectivity index is 2.33. The second-order valence-electron chi connectivity index (χ2n) is 4.14. The molecule has 1 aliphatic rings. The summed E-state index contributed by atoms with van der Waals surface area (Å²) in [6, 6.07) is 10.7. The molecule has 3 heteroatoms. The number of thioether (sulfide) groups is 1. The lowest BCUT2D eigenvalue weighted by Gasteiger charge is -2.39. The van der Waals surface area contributed by atoms with Crippen molar-refractivity contribution >= 4 is 17.4 Å². The van der Waals surface area contributed by atoms with Crippen LogP contribution in [0.1, 0.15) is 19.4 Å². The van der Waals surface area contributed by atoms with Gasteiger partial charge in [0.1, 0.15) is 6.07 Å². The monoisotopic (exact) mass is 232 g/mol. The largest absolute Gasteiger partial charge is 0.366 e. The van der Waals surface area contributed by atoms with E-state index in [1.807, 2.05) is 30.0 Å². The van der Waals surface area contributed by atoms with Crippen LogP contribution < -0.4 is 4.90 Å². The summed E-state index contributed by atoms with van der Waals surface area (Å²) < 4.78 is 0. The molecular weight excluding hydrogens is 216 g/mol. The second-order valence-corrected chi connectivity index (χ2v) is 5.62. The molecule has 0 N–H and O–H groups in total. The smallest absolute Gasteiger partial charge is 0.101 e. The molecule has 1 fully saturated rings. The molecule has 1 aromatic carbocycles. The van der Waals surface area contributed by atoms with Crippen LogP contribution in [0.3, 0.4) is 0 Å². The van der Waals surface area contributed by atoms with Crippen molar-refractivity contribution in [1.82, 2.24) is 0 Å². The van der Waals surface area contributed by atoms with Gasteiger partial charge < -0.3 is 4.90 Å². The lowest BCUT2D eigenvalue weighted by atomic mass is 10.1. The summed E-state index contributed by atoms with van der Waals surface area (Å²) in [5.74, 6) is 1.14. The molecule has 0 radical (unpaired) electrons. The number of nitrogens with zero attached hydrogens (tertiary/aromatic N) is 2. The molecule has 2 atom stereocenters. The Morgan fingerprint density at radius 2 is 2.12 bits per heavy atom. The molecule has 84 valence electrons. The Bertz CT molecular complexity index is 411. The molecule has 1 heterocycles. The highest BCUT2D eigenvalue weighted by atomic mass is 32.2. The Morgan fingerprint density at radius 1 is 1.38 bits per heavy atom. The Hall–Kier alpha value is -1.14. The van der Waals surface area contributed by atoms with Gasteiger partial charge in [-0.2, -0.15) is 17.0 Å². The van der Waals surface area contributed by atoms with E-state index in [1.54, 1.807) is 0 Å². The van der Waals surface area contributed by atoms with Gasteiger partial charge in [0.2, 0.25) is 0 Å². The van der Waals surface area contributed by atoms with Crippen molar-refractivity contribution < 1.29 is 0 Å². The van der Waals surface area contributed by atoms with Gasteiger partial charge in [0.25, 0.3) is 0 Å². The summed E-state index contributed by atoms with van der Waals surface area (Å²) >= 11 is 2.01. The number of nitriles is 1. The van der Waals surface area contributed by atoms with Gasteiger partial charge in [-0.25, -0.2) is 0 Å². The number of rotatable bonds is 1. The van der Waals surface area contributed by atoms with E-state index in [2.05, 4.69) is 30.9 Å². The molecule has 2 rings (SSSR count). The molecule has 0 aromatic heterocycles. The first-order valence-electron chi connectivity index (χ1n) is 5.61. The average Bonchev–Trinajstić information content (AvgIpc) is 2.33. The quantitative estimate of drug-likeness (QED) is 0.745. The van der Waals surface area contributed by atoms with E-state index >= 15 is 0 Å². The van der Waals surface area contributed by atoms with Gasteiger partial charge in [-0.1, -0.05) is 19.1 Å². The standard InChI is InChI=1S/C13H16N2S/c1-10-11(2)16-8-7-15(10)13-6-4-3-5-12(13)9-14/h3-6,10-11H,7-8H2,1-2H3. The summed E-state index contributed by atoms with van der Waals surface area (Å²) in [5, 5.41) is 9.74. The van der Waals surface area contributed by atoms with E-state index in [1.165, 1.54) is 0 Å². The van der Waals surface area contributed by atoms with Crippen molar-refractivity contribution in [3.8, 4) is 6.07 Å². The molecule has 1 aromatic rings. The zero-order valence-corrected chi connectivity index (χ0v) is 10.5. The number of benzene rings is 1. The van der Waals surface area contributed by atoms with Gasteiger partial charge in [-0.3, -0.25) is 0 Å². The van der Waals surface area contributed by atoms with E-state index in [9.17, 15) is 0 Å². The third-order valence-corrected chi connectivity index (χ3v) is 4.56. The maximum absolute atomic E-state index is 9.12. The summed E-state index contributed by atoms with van der Waals surface area (Å²) in [6.45, 7) is 5.54. The van der Waals surface area contributed by atoms with Crippen molar-refractivity contribution in [1.29, 1.82) is 5.26 Å². The van der Waals surface area contributed by atoms with Gasteiger partial charge in [-0.15, -0.1) is 0 Å². The molecule has 1 saturated heterocycles. The molecule has 0 aliphatic carbocycles. The van der Waals surface area contributed by atoms with Gasteiger partial charge in [0.05, 0.1) is 11.3 Å². The van der Waals surface area contributed by atoms with Crippen LogP contribution in [0.5, 0.6) is 0 Å². The average molecular weight is 232 g/mol. The summed E-state index contributed by atoms with van der Waals surface area (Å²) in [7, 11) is 0. The molecule has 0 amide bonds. The Labute approximate surface area is 101 Å². The van der Waals surface area contributed by atoms with E-state index in [0.29, 0.717) is 11.3 Å². The van der Waals surface area contributed by atoms with Crippen LogP contribution in [0.2, 0.25) is 0 Å². The van der Waals surface area contributed by atoms with Crippen molar-refractivity contribution in [3.63, 3.8) is 0 Å². The molecule has 0 spiro atoms. The maximum atomic E-state index is 9.12. The van der Waals surface area contributed by atoms with Gasteiger partial charge >= 0.3 is 0 Å². The predicted octanol–water partition coefficient (Wildman–Crippen LogP) is 2.89. The summed E-state index contributed by atoms with van der Waals surface area (Å²) in [5.41, 5.74) is 1.87. The molecular formula is C13H16N2S. The van der Waals surface area contributed by atoms with Crippen molar-refractivity contribution in [2.75, 3.05) is 17.2 Å². The minimum absolute atomic E-state index is 0.494. The van der Waals surface area contributed by atoms with Crippen LogP contribution in [0.15, 0.2) is 24.3 Å². The Kier molecular flexibility index (Phi) is 3.40. The highest BCUT2D eigenvalue weighted by molar-refractivity contribution is 8.00. The molecule has 2 nitrogen and oxygen atoms in total. The Morgan fingerprint density at radius 3 is 2.88 bits per heavy atom. The number of anilines is 1. The van der Waals surface area contributed by atoms with E-state index in [0.717, 1.165) is 23.5 Å². The number of hydrogen-bond donors (Lipinski definition) is 0. The van der Waals surface area contributed by atoms with Crippen LogP contribution >= 0.6 is 11.8 Å². The lowest BCUT2D eigenvalue weighted by molar-refractivity contribution is 0.627. The minimum Gasteiger partial charge on any atom is -0.366 e. The van der Waals surface area contributed by atoms with Crippen molar-refractivity contribution in [3.05, 3.63) is 29.8 Å². The fraction of sp³-hybridized carbons (Fsp3) is 0.462. The molecule has 16 heavy (non-hydrogen) atoms. The van der Waals surface area contributed by atoms with Gasteiger partial charge in [-0.05, 0) is 19.1 Å². The summed E-state index contributed by atoms with van der Waals surface area (Å²) in [4.78, 5) is 2.36. The number of para-hydroxylation sites is 1. The first-order valence-corrected chi connectivity index (χ1v) is 6.66. The van der Waals surface area contributed by atoms with Gasteiger partial charge in [0.15, 0.2) is 0 Å². The predicted molar refractivity (Wildman–Crippen MR) is 69.9 cm³/mol. The first-order chi connectivity index (χ1) is 7.74. The summed E-state index contributed by atoms with van der Waals surface area (Å²) in [6.07, 6.45) is 0. The van der Waals surface area contributed by atoms with Crippen LogP contribution in [0.25, 0.3) is 0 Å². The van der Waals surface area contributed by atoms with Gasteiger partial charge in [0, 0.05) is 23.6 Å². The fourth-order valence-electron chi connectivity index (χ4n) is 2.09. The van der Waals surface area contributed by atoms with Crippen LogP contribution in [0.4, 0.5) is 5.69 Å². The molecule has 2 unspecified atom stereocenters. The topological polar surface area (TPSA) is 27.0 Å². The minimum atomic E-state index is 0.494. The second kappa shape index (κ2) is 4.80. The molecule has 0 bridgehead atoms. The highest BCUT2D eigenvalue weighted by Gasteiger charge is 2.26. The fourth-order valence-corrected chi connectivity index (χ4v) is 3.19. The zero-order valence-electron chi connectivity index (χ0n) is 9.68. The normalized spacial score (nSPS) is 25.2. The van der Waals surface area contributed by atoms with Crippen LogP contribution in [-0.2, 0) is 0 Å². The van der Waals surface area contributed by atoms with Crippen molar-refractivity contribution in [2.45, 2.75) is 25.1 Å². The third-order valence-electron chi connectivity index (χ3n) is 3.22. The van der Waals surface area contributed by atoms with Crippen LogP contribution in [0, 0.1) is 11.3 Å². The lowest BCUT2D eigenvalue weighted by Crippen LogP contribution is -2.45. The zero-order chi connectivity index (χ0) is 11.5. The maximum Gasteiger partial charge on any atom is 0.101 e. The van der Waals surface area contributed by atoms with E-state index in [-0.39, 0.29) is 0 Å². The SMILES string of the molecule is CC1SCCN(c2ccccc2C#N)C1C. The van der Waals surface area contributed by atoms with Crippen LogP contribution in [-0.4, -0.2) is 23.6 Å². The van der Waals surface area contributed by atoms with E-state index in [4.69, 9.17) is 5.26 Å². The molecule has 1 aliphatic heterocycles. The first kappa shape index (κ1) is 11.3. The molecule has 0 saturated carbocycles. The highest BCUT2D eigenvalue weighted by Crippen LogP contribution is 2.30. The number of hydrogen-bond acceptors (Lipinski definition) is 3. The van der Waals surface area contributed by atoms with E-state index < -0.39 is 0 Å². The van der Waals surface area contributed by atoms with Crippen molar-refractivity contribution in [2.24, 2.45) is 0 Å². The third kappa shape index (κ3) is 2.03.